The van der Waals surface area contributed by atoms with Crippen molar-refractivity contribution in [2.45, 2.75) is 18.6 Å². The first-order valence-corrected chi connectivity index (χ1v) is 11.0. The quantitative estimate of drug-likeness (QED) is 0.558. The molecule has 0 bridgehead atoms. The minimum absolute atomic E-state index is 0.275. The zero-order chi connectivity index (χ0) is 20.6. The number of pyridine rings is 1. The average Bonchev–Trinajstić information content (AvgIpc) is 3.49. The lowest BCUT2D eigenvalue weighted by atomic mass is 10.1. The average molecular weight is 424 g/mol. The van der Waals surface area contributed by atoms with Crippen molar-refractivity contribution < 1.29 is 4.74 Å². The van der Waals surface area contributed by atoms with Crippen molar-refractivity contribution in [2.75, 3.05) is 31.3 Å². The monoisotopic (exact) mass is 423 g/mol. The second-order valence-corrected chi connectivity index (χ2v) is 8.49. The van der Waals surface area contributed by atoms with E-state index < -0.39 is 5.79 Å². The van der Waals surface area contributed by atoms with E-state index in [1.165, 1.54) is 25.9 Å². The van der Waals surface area contributed by atoms with E-state index in [1.807, 2.05) is 41.8 Å². The van der Waals surface area contributed by atoms with E-state index in [1.54, 1.807) is 22.5 Å². The maximum absolute atomic E-state index is 6.56. The van der Waals surface area contributed by atoms with E-state index in [2.05, 4.69) is 20.3 Å². The molecular weight excluding hydrogens is 398 g/mol. The molecule has 4 heterocycles. The number of benzene rings is 1. The number of ether oxygens (including phenoxy) is 1. The molecule has 5 rings (SSSR count). The number of anilines is 1. The van der Waals surface area contributed by atoms with Gasteiger partial charge in [0, 0.05) is 18.3 Å². The number of guanidine groups is 1. The predicted octanol–water partition coefficient (Wildman–Crippen LogP) is 2.18. The lowest BCUT2D eigenvalue weighted by Crippen LogP contribution is -2.53. The van der Waals surface area contributed by atoms with Crippen LogP contribution in [0.5, 0.6) is 5.75 Å². The number of hydrogen-bond donors (Lipinski definition) is 3. The third-order valence-electron chi connectivity index (χ3n) is 5.53. The summed E-state index contributed by atoms with van der Waals surface area (Å²) in [5.41, 5.74) is 16.8. The molecule has 8 nitrogen and oxygen atoms in total. The number of likely N-dealkylation sites (tertiary alicyclic amines) is 1. The van der Waals surface area contributed by atoms with Gasteiger partial charge in [-0.1, -0.05) is 12.1 Å². The summed E-state index contributed by atoms with van der Waals surface area (Å²) < 4.78 is 6.91. The van der Waals surface area contributed by atoms with Crippen molar-refractivity contribution in [2.24, 2.45) is 16.5 Å². The van der Waals surface area contributed by atoms with Gasteiger partial charge in [0.2, 0.25) is 11.7 Å². The van der Waals surface area contributed by atoms with Gasteiger partial charge in [-0.25, -0.2) is 15.0 Å². The van der Waals surface area contributed by atoms with Gasteiger partial charge in [0.1, 0.15) is 12.4 Å². The summed E-state index contributed by atoms with van der Waals surface area (Å²) in [5, 5.41) is 4.78. The van der Waals surface area contributed by atoms with Crippen LogP contribution in [0.25, 0.3) is 10.1 Å². The molecule has 1 atom stereocenters. The zero-order valence-electron chi connectivity index (χ0n) is 16.6. The fraction of sp³-hybridized carbons (Fsp3) is 0.333. The van der Waals surface area contributed by atoms with Crippen molar-refractivity contribution in [3.63, 3.8) is 0 Å². The largest absolute Gasteiger partial charge is 0.492 e. The maximum Gasteiger partial charge on any atom is 0.215 e. The molecule has 0 spiro atoms. The first-order valence-electron chi connectivity index (χ1n) is 10.1. The van der Waals surface area contributed by atoms with Gasteiger partial charge in [-0.05, 0) is 61.0 Å². The summed E-state index contributed by atoms with van der Waals surface area (Å²) in [4.78, 5) is 11.4. The second kappa shape index (κ2) is 7.84. The van der Waals surface area contributed by atoms with Crippen LogP contribution in [0.15, 0.2) is 53.0 Å². The van der Waals surface area contributed by atoms with Crippen molar-refractivity contribution >= 4 is 33.2 Å². The maximum atomic E-state index is 6.56. The molecule has 2 aliphatic rings. The van der Waals surface area contributed by atoms with E-state index in [-0.39, 0.29) is 5.96 Å². The van der Waals surface area contributed by atoms with Crippen LogP contribution in [0.2, 0.25) is 0 Å². The van der Waals surface area contributed by atoms with Gasteiger partial charge >= 0.3 is 0 Å². The van der Waals surface area contributed by atoms with Crippen molar-refractivity contribution in [1.82, 2.24) is 15.3 Å². The third-order valence-corrected chi connectivity index (χ3v) is 6.46. The number of aliphatic imine (C=N–C) groups is 1. The molecule has 1 saturated heterocycles. The zero-order valence-corrected chi connectivity index (χ0v) is 17.4. The Bertz CT molecular complexity index is 1060. The topological polar surface area (TPSA) is 105 Å². The summed E-state index contributed by atoms with van der Waals surface area (Å²) in [5.74, 6) is 0.618. The third kappa shape index (κ3) is 3.61. The molecule has 2 aliphatic heterocycles. The molecule has 9 heteroatoms. The number of aromatic nitrogens is 1. The molecule has 156 valence electrons. The molecule has 1 unspecified atom stereocenters. The molecule has 2 aromatic heterocycles. The van der Waals surface area contributed by atoms with Gasteiger partial charge in [-0.15, -0.1) is 11.3 Å². The summed E-state index contributed by atoms with van der Waals surface area (Å²) in [6.45, 7) is 3.99. The number of nitrogens with zero attached hydrogens (tertiary/aromatic N) is 4. The highest BCUT2D eigenvalue weighted by Gasteiger charge is 2.38. The highest BCUT2D eigenvalue weighted by molar-refractivity contribution is 7.17. The van der Waals surface area contributed by atoms with Crippen molar-refractivity contribution in [1.29, 1.82) is 0 Å². The van der Waals surface area contributed by atoms with Crippen LogP contribution in [0.4, 0.5) is 5.82 Å². The normalized spacial score (nSPS) is 22.0. The van der Waals surface area contributed by atoms with Gasteiger partial charge in [0.15, 0.2) is 5.82 Å². The van der Waals surface area contributed by atoms with Crippen LogP contribution >= 0.6 is 11.3 Å². The molecule has 0 saturated carbocycles. The van der Waals surface area contributed by atoms with Gasteiger partial charge in [-0.3, -0.25) is 10.6 Å². The lowest BCUT2D eigenvalue weighted by Gasteiger charge is -2.25. The number of nitrogens with one attached hydrogen (secondary N) is 1. The SMILES string of the molecule is NC1=NC(N)(c2ccc(OCCN3CCCC3)cc2)NN1c1nccc2ccsc12. The Kier molecular flexibility index (Phi) is 5.03. The Hall–Kier alpha value is -2.72. The highest BCUT2D eigenvalue weighted by atomic mass is 32.1. The van der Waals surface area contributed by atoms with Gasteiger partial charge in [-0.2, -0.15) is 5.43 Å². The molecule has 1 fully saturated rings. The van der Waals surface area contributed by atoms with Crippen molar-refractivity contribution in [3.8, 4) is 5.75 Å². The molecule has 0 amide bonds. The molecule has 3 aromatic rings. The number of rotatable bonds is 6. The number of fused-ring (bicyclic) bond motifs is 1. The Morgan fingerprint density at radius 3 is 2.73 bits per heavy atom. The molecule has 0 aliphatic carbocycles. The summed E-state index contributed by atoms with van der Waals surface area (Å²) in [7, 11) is 0. The standard InChI is InChI=1S/C21H25N7OS/c22-20-25-21(23,26-28(20)19-18-15(7-9-24-19)8-14-30-18)16-3-5-17(6-4-16)29-13-12-27-10-1-2-11-27/h3-9,14,26H,1-2,10-13,23H2,(H2,22,25). The first-order chi connectivity index (χ1) is 14.6. The summed E-state index contributed by atoms with van der Waals surface area (Å²) >= 11 is 1.60. The second-order valence-electron chi connectivity index (χ2n) is 7.58. The molecular formula is C21H25N7OS. The minimum Gasteiger partial charge on any atom is -0.492 e. The fourth-order valence-electron chi connectivity index (χ4n) is 3.92. The van der Waals surface area contributed by atoms with Crippen LogP contribution in [0.1, 0.15) is 18.4 Å². The minimum atomic E-state index is -1.17. The van der Waals surface area contributed by atoms with Gasteiger partial charge in [0.25, 0.3) is 0 Å². The summed E-state index contributed by atoms with van der Waals surface area (Å²) in [6, 6.07) is 11.7. The van der Waals surface area contributed by atoms with Crippen molar-refractivity contribution in [3.05, 3.63) is 53.5 Å². The smallest absolute Gasteiger partial charge is 0.215 e. The molecule has 30 heavy (non-hydrogen) atoms. The highest BCUT2D eigenvalue weighted by Crippen LogP contribution is 2.32. The molecule has 0 radical (unpaired) electrons. The fourth-order valence-corrected chi connectivity index (χ4v) is 4.79. The Morgan fingerprint density at radius 2 is 1.93 bits per heavy atom. The Balaban J connectivity index is 1.29. The lowest BCUT2D eigenvalue weighted by molar-refractivity contribution is 0.237. The van der Waals surface area contributed by atoms with E-state index >= 15 is 0 Å². The molecule has 1 aromatic carbocycles. The van der Waals surface area contributed by atoms with Crippen LogP contribution in [-0.2, 0) is 5.79 Å². The van der Waals surface area contributed by atoms with Crippen LogP contribution in [0.3, 0.4) is 0 Å². The van der Waals surface area contributed by atoms with E-state index in [0.29, 0.717) is 12.4 Å². The van der Waals surface area contributed by atoms with E-state index in [4.69, 9.17) is 16.2 Å². The van der Waals surface area contributed by atoms with Gasteiger partial charge in [0.05, 0.1) is 4.70 Å². The number of nitrogens with two attached hydrogens (primary N) is 2. The van der Waals surface area contributed by atoms with Crippen LogP contribution in [-0.4, -0.2) is 42.1 Å². The number of hydrogen-bond acceptors (Lipinski definition) is 9. The summed E-state index contributed by atoms with van der Waals surface area (Å²) in [6.07, 6.45) is 4.33. The van der Waals surface area contributed by atoms with Gasteiger partial charge < -0.3 is 10.5 Å². The Labute approximate surface area is 179 Å². The van der Waals surface area contributed by atoms with Crippen LogP contribution in [0, 0.1) is 0 Å². The molecule has 5 N–H and O–H groups in total. The van der Waals surface area contributed by atoms with Crippen LogP contribution < -0.4 is 26.6 Å². The van der Waals surface area contributed by atoms with E-state index in [0.717, 1.165) is 27.9 Å². The first kappa shape index (κ1) is 19.3. The number of thiophene rings is 1. The van der Waals surface area contributed by atoms with E-state index in [9.17, 15) is 0 Å². The number of hydrazine groups is 1. The predicted molar refractivity (Wildman–Crippen MR) is 120 cm³/mol. The Morgan fingerprint density at radius 1 is 1.13 bits per heavy atom.